The highest BCUT2D eigenvalue weighted by Crippen LogP contribution is 2.26. The number of nitrogens with zero attached hydrogens (tertiary/aromatic N) is 4. The van der Waals surface area contributed by atoms with Crippen LogP contribution >= 0.6 is 0 Å². The molecule has 0 fully saturated rings. The fourth-order valence-corrected chi connectivity index (χ4v) is 3.48. The molecule has 7 nitrogen and oxygen atoms in total. The smallest absolute Gasteiger partial charge is 0.165 e. The van der Waals surface area contributed by atoms with Crippen LogP contribution in [0.5, 0.6) is 11.5 Å². The van der Waals surface area contributed by atoms with Crippen molar-refractivity contribution in [1.82, 2.24) is 19.5 Å². The number of rotatable bonds is 6. The van der Waals surface area contributed by atoms with E-state index >= 15 is 0 Å². The third-order valence-corrected chi connectivity index (χ3v) is 4.82. The lowest BCUT2D eigenvalue weighted by Gasteiger charge is -2.13. The van der Waals surface area contributed by atoms with Crippen LogP contribution in [0.2, 0.25) is 0 Å². The lowest BCUT2D eigenvalue weighted by molar-refractivity contribution is 0.399. The maximum atomic E-state index is 5.45. The van der Waals surface area contributed by atoms with Crippen LogP contribution < -0.4 is 14.8 Å². The van der Waals surface area contributed by atoms with Gasteiger partial charge in [0.05, 0.1) is 14.2 Å². The van der Waals surface area contributed by atoms with Gasteiger partial charge in [-0.2, -0.15) is 0 Å². The summed E-state index contributed by atoms with van der Waals surface area (Å²) in [6, 6.07) is 5.84. The van der Waals surface area contributed by atoms with Crippen molar-refractivity contribution in [2.45, 2.75) is 32.2 Å². The maximum absolute atomic E-state index is 5.45. The minimum Gasteiger partial charge on any atom is -0.497 e. The summed E-state index contributed by atoms with van der Waals surface area (Å²) in [5, 5.41) is 3.41. The fourth-order valence-electron chi connectivity index (χ4n) is 3.48. The summed E-state index contributed by atoms with van der Waals surface area (Å²) in [5.74, 6) is 3.59. The summed E-state index contributed by atoms with van der Waals surface area (Å²) in [6.45, 7) is 1.71. The number of aromatic nitrogens is 4. The van der Waals surface area contributed by atoms with Gasteiger partial charge in [0, 0.05) is 19.5 Å². The number of anilines is 1. The SMILES string of the molecule is COc1ccc(OC)c(CCNc2ncnc3c2nc2n3CCCC2)c1. The Labute approximate surface area is 152 Å². The quantitative estimate of drug-likeness (QED) is 0.734. The minimum absolute atomic E-state index is 0.720. The van der Waals surface area contributed by atoms with E-state index in [2.05, 4.69) is 19.9 Å². The lowest BCUT2D eigenvalue weighted by atomic mass is 10.1. The summed E-state index contributed by atoms with van der Waals surface area (Å²) in [5.41, 5.74) is 2.88. The number of nitrogens with one attached hydrogen (secondary N) is 1. The molecule has 26 heavy (non-hydrogen) atoms. The highest BCUT2D eigenvalue weighted by Gasteiger charge is 2.18. The van der Waals surface area contributed by atoms with Crippen molar-refractivity contribution in [1.29, 1.82) is 0 Å². The normalized spacial score (nSPS) is 13.5. The molecule has 1 aliphatic heterocycles. The van der Waals surface area contributed by atoms with E-state index < -0.39 is 0 Å². The standard InChI is InChI=1S/C19H23N5O2/c1-25-14-6-7-15(26-2)13(11-14)8-9-20-18-17-19(22-12-21-18)24-10-4-3-5-16(24)23-17/h6-7,11-12H,3-5,8-10H2,1-2H3,(H,20,21,22). The van der Waals surface area contributed by atoms with Crippen molar-refractivity contribution in [3.05, 3.63) is 35.9 Å². The molecule has 0 bridgehead atoms. The maximum Gasteiger partial charge on any atom is 0.165 e. The van der Waals surface area contributed by atoms with Crippen molar-refractivity contribution >= 4 is 17.0 Å². The van der Waals surface area contributed by atoms with Gasteiger partial charge < -0.3 is 19.4 Å². The molecule has 1 aliphatic rings. The first-order valence-corrected chi connectivity index (χ1v) is 8.95. The zero-order chi connectivity index (χ0) is 17.9. The van der Waals surface area contributed by atoms with Gasteiger partial charge in [-0.05, 0) is 43.0 Å². The molecule has 0 unspecified atom stereocenters. The van der Waals surface area contributed by atoms with Crippen LogP contribution in [-0.4, -0.2) is 40.3 Å². The van der Waals surface area contributed by atoms with E-state index in [4.69, 9.17) is 14.5 Å². The topological polar surface area (TPSA) is 74.1 Å². The third-order valence-electron chi connectivity index (χ3n) is 4.82. The van der Waals surface area contributed by atoms with E-state index in [0.29, 0.717) is 0 Å². The fraction of sp³-hybridized carbons (Fsp3) is 0.421. The number of aryl methyl sites for hydroxylation is 2. The molecule has 3 heterocycles. The van der Waals surface area contributed by atoms with E-state index in [9.17, 15) is 0 Å². The minimum atomic E-state index is 0.720. The summed E-state index contributed by atoms with van der Waals surface area (Å²) in [7, 11) is 3.35. The van der Waals surface area contributed by atoms with Crippen molar-refractivity contribution in [2.24, 2.45) is 0 Å². The van der Waals surface area contributed by atoms with Crippen LogP contribution in [-0.2, 0) is 19.4 Å². The third kappa shape index (κ3) is 3.05. The number of fused-ring (bicyclic) bond motifs is 3. The Morgan fingerprint density at radius 2 is 2.08 bits per heavy atom. The summed E-state index contributed by atoms with van der Waals surface area (Å²) in [4.78, 5) is 13.6. The second-order valence-electron chi connectivity index (χ2n) is 6.39. The molecule has 0 atom stereocenters. The summed E-state index contributed by atoms with van der Waals surface area (Å²) < 4.78 is 13.0. The molecule has 0 saturated heterocycles. The van der Waals surface area contributed by atoms with Crippen LogP contribution in [0.15, 0.2) is 24.5 Å². The molecule has 4 rings (SSSR count). The first-order chi connectivity index (χ1) is 12.8. The van der Waals surface area contributed by atoms with Crippen molar-refractivity contribution in [2.75, 3.05) is 26.1 Å². The number of ether oxygens (including phenoxy) is 2. The molecule has 0 aliphatic carbocycles. The van der Waals surface area contributed by atoms with E-state index in [0.717, 1.165) is 65.8 Å². The van der Waals surface area contributed by atoms with Gasteiger partial charge in [0.1, 0.15) is 23.7 Å². The molecule has 0 spiro atoms. The number of benzene rings is 1. The van der Waals surface area contributed by atoms with E-state index in [1.165, 1.54) is 12.8 Å². The average molecular weight is 353 g/mol. The highest BCUT2D eigenvalue weighted by atomic mass is 16.5. The van der Waals surface area contributed by atoms with Crippen molar-refractivity contribution < 1.29 is 9.47 Å². The molecule has 1 aromatic carbocycles. The predicted octanol–water partition coefficient (Wildman–Crippen LogP) is 2.83. The summed E-state index contributed by atoms with van der Waals surface area (Å²) in [6.07, 6.45) is 5.78. The molecule has 2 aromatic heterocycles. The van der Waals surface area contributed by atoms with Gasteiger partial charge in [-0.1, -0.05) is 0 Å². The Balaban J connectivity index is 1.53. The number of hydrogen-bond acceptors (Lipinski definition) is 6. The van der Waals surface area contributed by atoms with Crippen molar-refractivity contribution in [3.8, 4) is 11.5 Å². The molecule has 0 radical (unpaired) electrons. The number of methoxy groups -OCH3 is 2. The molecular formula is C19H23N5O2. The van der Waals surface area contributed by atoms with Crippen LogP contribution in [0.3, 0.4) is 0 Å². The van der Waals surface area contributed by atoms with Gasteiger partial charge in [-0.25, -0.2) is 15.0 Å². The van der Waals surface area contributed by atoms with Gasteiger partial charge in [0.2, 0.25) is 0 Å². The van der Waals surface area contributed by atoms with Gasteiger partial charge in [-0.3, -0.25) is 0 Å². The molecular weight excluding hydrogens is 330 g/mol. The Kier molecular flexibility index (Phi) is 4.60. The molecule has 1 N–H and O–H groups in total. The average Bonchev–Trinajstić information content (AvgIpc) is 3.07. The van der Waals surface area contributed by atoms with E-state index in [1.54, 1.807) is 20.5 Å². The van der Waals surface area contributed by atoms with Gasteiger partial charge in [0.25, 0.3) is 0 Å². The number of hydrogen-bond donors (Lipinski definition) is 1. The van der Waals surface area contributed by atoms with Gasteiger partial charge >= 0.3 is 0 Å². The molecule has 3 aromatic rings. The zero-order valence-corrected chi connectivity index (χ0v) is 15.2. The van der Waals surface area contributed by atoms with Gasteiger partial charge in [0.15, 0.2) is 17.0 Å². The first kappa shape index (κ1) is 16.6. The van der Waals surface area contributed by atoms with Crippen LogP contribution in [0, 0.1) is 0 Å². The Hall–Kier alpha value is -2.83. The zero-order valence-electron chi connectivity index (χ0n) is 15.2. The second-order valence-corrected chi connectivity index (χ2v) is 6.39. The largest absolute Gasteiger partial charge is 0.497 e. The van der Waals surface area contributed by atoms with Crippen molar-refractivity contribution in [3.63, 3.8) is 0 Å². The molecule has 0 saturated carbocycles. The first-order valence-electron chi connectivity index (χ1n) is 8.95. The van der Waals surface area contributed by atoms with Gasteiger partial charge in [-0.15, -0.1) is 0 Å². The summed E-state index contributed by atoms with van der Waals surface area (Å²) >= 11 is 0. The molecule has 0 amide bonds. The molecule has 7 heteroatoms. The van der Waals surface area contributed by atoms with Crippen LogP contribution in [0.4, 0.5) is 5.82 Å². The Bertz CT molecular complexity index is 922. The Morgan fingerprint density at radius 1 is 1.15 bits per heavy atom. The van der Waals surface area contributed by atoms with E-state index in [-0.39, 0.29) is 0 Å². The highest BCUT2D eigenvalue weighted by molar-refractivity contribution is 5.83. The van der Waals surface area contributed by atoms with E-state index in [1.807, 2.05) is 18.2 Å². The van der Waals surface area contributed by atoms with Crippen LogP contribution in [0.1, 0.15) is 24.2 Å². The molecule has 136 valence electrons. The Morgan fingerprint density at radius 3 is 2.92 bits per heavy atom. The van der Waals surface area contributed by atoms with Crippen LogP contribution in [0.25, 0.3) is 11.2 Å². The monoisotopic (exact) mass is 353 g/mol. The lowest BCUT2D eigenvalue weighted by Crippen LogP contribution is -2.10. The second kappa shape index (κ2) is 7.19. The predicted molar refractivity (Wildman–Crippen MR) is 100 cm³/mol. The number of imidazole rings is 1.